The van der Waals surface area contributed by atoms with Gasteiger partial charge >= 0.3 is 5.97 Å². The average Bonchev–Trinajstić information content (AvgIpc) is 2.78. The van der Waals surface area contributed by atoms with Gasteiger partial charge in [0.05, 0.1) is 11.6 Å². The highest BCUT2D eigenvalue weighted by atomic mass is 16.7. The molecule has 166 valence electrons. The molecule has 3 rings (SSSR count). The topological polar surface area (TPSA) is 155 Å². The molecule has 0 amide bonds. The molecule has 9 nitrogen and oxygen atoms in total. The molecule has 7 N–H and O–H groups in total. The summed E-state index contributed by atoms with van der Waals surface area (Å²) >= 11 is 0. The van der Waals surface area contributed by atoms with E-state index in [2.05, 4.69) is 0 Å². The number of hydrogen-bond acceptors (Lipinski definition) is 7. The van der Waals surface area contributed by atoms with Gasteiger partial charge in [0.2, 0.25) is 5.60 Å². The summed E-state index contributed by atoms with van der Waals surface area (Å²) in [6.07, 6.45) is 3.91. The van der Waals surface area contributed by atoms with Gasteiger partial charge in [0, 0.05) is 19.2 Å². The molecule has 9 heteroatoms. The Hall–Kier alpha value is -2.20. The van der Waals surface area contributed by atoms with Gasteiger partial charge in [-0.25, -0.2) is 10.7 Å². The third-order valence-corrected chi connectivity index (χ3v) is 6.58. The summed E-state index contributed by atoms with van der Waals surface area (Å²) in [5.41, 5.74) is 12.1. The number of carbonyl (C=O) groups is 1. The molecule has 2 aliphatic rings. The van der Waals surface area contributed by atoms with Crippen molar-refractivity contribution in [1.82, 2.24) is 0 Å². The van der Waals surface area contributed by atoms with Crippen molar-refractivity contribution < 1.29 is 24.2 Å². The number of aryl methyl sites for hydroxylation is 1. The van der Waals surface area contributed by atoms with E-state index in [4.69, 9.17) is 36.7 Å². The second-order valence-corrected chi connectivity index (χ2v) is 8.33. The van der Waals surface area contributed by atoms with Crippen molar-refractivity contribution >= 4 is 11.8 Å². The first-order chi connectivity index (χ1) is 14.3. The summed E-state index contributed by atoms with van der Waals surface area (Å²) < 4.78 is 11.5. The lowest BCUT2D eigenvalue weighted by Crippen LogP contribution is -2.54. The first-order valence-electron chi connectivity index (χ1n) is 10.3. The zero-order valence-corrected chi connectivity index (χ0v) is 17.6. The van der Waals surface area contributed by atoms with Gasteiger partial charge in [-0.3, -0.25) is 9.83 Å². The van der Waals surface area contributed by atoms with Crippen LogP contribution in [0.5, 0.6) is 5.75 Å². The number of carboxylic acids is 1. The minimum absolute atomic E-state index is 0.148. The highest BCUT2D eigenvalue weighted by Crippen LogP contribution is 2.34. The summed E-state index contributed by atoms with van der Waals surface area (Å²) in [5, 5.41) is 9.44. The molecule has 1 aliphatic carbocycles. The molecule has 30 heavy (non-hydrogen) atoms. The average molecular weight is 421 g/mol. The Morgan fingerprint density at radius 2 is 2.07 bits per heavy atom. The molecule has 0 saturated heterocycles. The fourth-order valence-electron chi connectivity index (χ4n) is 4.22. The van der Waals surface area contributed by atoms with Crippen molar-refractivity contribution in [2.75, 3.05) is 13.7 Å². The van der Waals surface area contributed by atoms with Crippen LogP contribution in [-0.4, -0.2) is 53.9 Å². The molecule has 0 spiro atoms. The number of aliphatic carboxylic acids is 1. The maximum absolute atomic E-state index is 11.5. The lowest BCUT2D eigenvalue weighted by atomic mass is 9.82. The molecule has 2 atom stereocenters. The standard InChI is InChI=1S/C21H32N4O5/c1-20(30-24,19(26)27)17-6-4-13-11-14(3-5-16(13)29-17)18(23)25-15-7-9-21(12-22,28-2)10-8-15/h3,5,11,15,17H,4,6-10,12,22,24H2,1-2H3,(H2,23,25)(H,26,27)/t15?,17-,20+,21?/m1/s1. The Balaban J connectivity index is 1.70. The van der Waals surface area contributed by atoms with Crippen molar-refractivity contribution in [3.05, 3.63) is 29.3 Å². The van der Waals surface area contributed by atoms with Crippen molar-refractivity contribution in [1.29, 1.82) is 0 Å². The SMILES string of the molecule is COC1(CN)CCC(N=C(N)c2ccc3c(c2)CC[C@H]([C@](C)(ON)C(=O)O)O3)CC1. The summed E-state index contributed by atoms with van der Waals surface area (Å²) in [6.45, 7) is 1.93. The number of fused-ring (bicyclic) bond motifs is 1. The molecule has 0 aromatic heterocycles. The Kier molecular flexibility index (Phi) is 6.66. The number of methoxy groups -OCH3 is 1. The third-order valence-electron chi connectivity index (χ3n) is 6.58. The van der Waals surface area contributed by atoms with Crippen LogP contribution < -0.4 is 22.1 Å². The highest BCUT2D eigenvalue weighted by molar-refractivity contribution is 5.98. The number of ether oxygens (including phenoxy) is 2. The Morgan fingerprint density at radius 1 is 1.37 bits per heavy atom. The van der Waals surface area contributed by atoms with Crippen LogP contribution in [-0.2, 0) is 20.8 Å². The van der Waals surface area contributed by atoms with Crippen molar-refractivity contribution in [3.63, 3.8) is 0 Å². The second-order valence-electron chi connectivity index (χ2n) is 8.33. The number of amidine groups is 1. The molecular weight excluding hydrogens is 388 g/mol. The minimum atomic E-state index is -1.61. The number of nitrogens with zero attached hydrogens (tertiary/aromatic N) is 1. The van der Waals surface area contributed by atoms with Gasteiger partial charge < -0.3 is 26.0 Å². The van der Waals surface area contributed by atoms with Crippen molar-refractivity contribution in [2.24, 2.45) is 22.4 Å². The van der Waals surface area contributed by atoms with Crippen LogP contribution >= 0.6 is 0 Å². The Morgan fingerprint density at radius 3 is 2.63 bits per heavy atom. The molecule has 0 bridgehead atoms. The first kappa shape index (κ1) is 22.5. The molecule has 1 saturated carbocycles. The van der Waals surface area contributed by atoms with E-state index >= 15 is 0 Å². The third kappa shape index (κ3) is 4.29. The van der Waals surface area contributed by atoms with E-state index in [0.717, 1.165) is 36.8 Å². The molecule has 0 radical (unpaired) electrons. The quantitative estimate of drug-likeness (QED) is 0.290. The lowest BCUT2D eigenvalue weighted by Gasteiger charge is -2.37. The van der Waals surface area contributed by atoms with Crippen LogP contribution in [0.15, 0.2) is 23.2 Å². The van der Waals surface area contributed by atoms with Gasteiger partial charge in [0.25, 0.3) is 0 Å². The van der Waals surface area contributed by atoms with E-state index in [1.54, 1.807) is 13.2 Å². The Labute approximate surface area is 176 Å². The number of carboxylic acid groups (broad SMARTS) is 1. The molecule has 1 aliphatic heterocycles. The maximum Gasteiger partial charge on any atom is 0.341 e. The summed E-state index contributed by atoms with van der Waals surface area (Å²) in [6, 6.07) is 5.73. The second kappa shape index (κ2) is 8.89. The monoisotopic (exact) mass is 420 g/mol. The predicted octanol–water partition coefficient (Wildman–Crippen LogP) is 1.11. The van der Waals surface area contributed by atoms with Crippen LogP contribution in [0, 0.1) is 0 Å². The summed E-state index contributed by atoms with van der Waals surface area (Å²) in [4.78, 5) is 21.0. The zero-order chi connectivity index (χ0) is 21.9. The number of aliphatic imine (C=N–C) groups is 1. The number of rotatable bonds is 7. The molecule has 1 fully saturated rings. The molecular formula is C21H32N4O5. The van der Waals surface area contributed by atoms with Gasteiger partial charge in [-0.1, -0.05) is 0 Å². The fraction of sp³-hybridized carbons (Fsp3) is 0.619. The van der Waals surface area contributed by atoms with Gasteiger partial charge in [0.1, 0.15) is 17.7 Å². The van der Waals surface area contributed by atoms with Gasteiger partial charge in [0.15, 0.2) is 0 Å². The zero-order valence-electron chi connectivity index (χ0n) is 17.6. The van der Waals surface area contributed by atoms with Gasteiger partial charge in [-0.15, -0.1) is 0 Å². The number of hydrogen-bond donors (Lipinski definition) is 4. The predicted molar refractivity (Wildman–Crippen MR) is 112 cm³/mol. The summed E-state index contributed by atoms with van der Waals surface area (Å²) in [7, 11) is 1.71. The first-order valence-corrected chi connectivity index (χ1v) is 10.3. The number of nitrogens with two attached hydrogens (primary N) is 3. The van der Waals surface area contributed by atoms with E-state index in [9.17, 15) is 9.90 Å². The van der Waals surface area contributed by atoms with E-state index < -0.39 is 17.7 Å². The Bertz CT molecular complexity index is 801. The fourth-order valence-corrected chi connectivity index (χ4v) is 4.22. The molecule has 0 unspecified atom stereocenters. The highest BCUT2D eigenvalue weighted by Gasteiger charge is 2.46. The molecule has 1 aromatic rings. The van der Waals surface area contributed by atoms with E-state index in [0.29, 0.717) is 31.0 Å². The van der Waals surface area contributed by atoms with E-state index in [1.807, 2.05) is 12.1 Å². The maximum atomic E-state index is 11.5. The van der Waals surface area contributed by atoms with Crippen LogP contribution in [0.4, 0.5) is 0 Å². The van der Waals surface area contributed by atoms with Crippen molar-refractivity contribution in [3.8, 4) is 5.75 Å². The minimum Gasteiger partial charge on any atom is -0.486 e. The van der Waals surface area contributed by atoms with Gasteiger partial charge in [-0.05, 0) is 69.2 Å². The smallest absolute Gasteiger partial charge is 0.341 e. The van der Waals surface area contributed by atoms with E-state index in [-0.39, 0.29) is 11.6 Å². The number of benzene rings is 1. The molecule has 1 heterocycles. The summed E-state index contributed by atoms with van der Waals surface area (Å²) in [5.74, 6) is 5.18. The lowest BCUT2D eigenvalue weighted by molar-refractivity contribution is -0.179. The normalized spacial score (nSPS) is 28.9. The van der Waals surface area contributed by atoms with Crippen LogP contribution in [0.1, 0.15) is 50.2 Å². The van der Waals surface area contributed by atoms with Crippen molar-refractivity contribution in [2.45, 2.75) is 68.8 Å². The van der Waals surface area contributed by atoms with Crippen LogP contribution in [0.2, 0.25) is 0 Å². The van der Waals surface area contributed by atoms with Crippen LogP contribution in [0.25, 0.3) is 0 Å². The largest absolute Gasteiger partial charge is 0.486 e. The molecule has 1 aromatic carbocycles. The van der Waals surface area contributed by atoms with Gasteiger partial charge in [-0.2, -0.15) is 0 Å². The van der Waals surface area contributed by atoms with Crippen LogP contribution in [0.3, 0.4) is 0 Å². The van der Waals surface area contributed by atoms with E-state index in [1.165, 1.54) is 6.92 Å².